The second kappa shape index (κ2) is 5.96. The molecule has 0 spiro atoms. The summed E-state index contributed by atoms with van der Waals surface area (Å²) < 4.78 is 0. The second-order valence-electron chi connectivity index (χ2n) is 6.86. The first-order chi connectivity index (χ1) is 9.35. The van der Waals surface area contributed by atoms with E-state index in [1.165, 1.54) is 24.0 Å². The predicted octanol–water partition coefficient (Wildman–Crippen LogP) is 2.96. The molecule has 0 bridgehead atoms. The molecule has 1 atom stereocenters. The van der Waals surface area contributed by atoms with E-state index in [4.69, 9.17) is 0 Å². The van der Waals surface area contributed by atoms with Gasteiger partial charge in [0.15, 0.2) is 0 Å². The number of hydrogen-bond donors (Lipinski definition) is 2. The van der Waals surface area contributed by atoms with Crippen LogP contribution in [0.15, 0.2) is 24.3 Å². The monoisotopic (exact) mass is 274 g/mol. The van der Waals surface area contributed by atoms with Gasteiger partial charge in [-0.25, -0.2) is 0 Å². The van der Waals surface area contributed by atoms with E-state index in [0.717, 1.165) is 12.5 Å². The molecule has 0 aliphatic heterocycles. The van der Waals surface area contributed by atoms with Crippen LogP contribution in [0.3, 0.4) is 0 Å². The van der Waals surface area contributed by atoms with Gasteiger partial charge in [0.2, 0.25) is 5.91 Å². The lowest BCUT2D eigenvalue weighted by atomic mass is 10.1. The normalized spacial score (nSPS) is 16.8. The molecule has 1 aromatic rings. The summed E-state index contributed by atoms with van der Waals surface area (Å²) >= 11 is 0. The molecule has 1 aliphatic rings. The summed E-state index contributed by atoms with van der Waals surface area (Å²) in [6.45, 7) is 8.63. The highest BCUT2D eigenvalue weighted by molar-refractivity contribution is 5.81. The minimum absolute atomic E-state index is 0.0517. The average Bonchev–Trinajstić information content (AvgIpc) is 3.18. The zero-order valence-corrected chi connectivity index (χ0v) is 13.0. The lowest BCUT2D eigenvalue weighted by Gasteiger charge is -2.23. The SMILES string of the molecule is CC(NCc1cccc(C2CC2)c1)C(=O)NC(C)(C)C. The van der Waals surface area contributed by atoms with Gasteiger partial charge >= 0.3 is 0 Å². The van der Waals surface area contributed by atoms with Crippen LogP contribution >= 0.6 is 0 Å². The van der Waals surface area contributed by atoms with Gasteiger partial charge in [-0.05, 0) is 57.6 Å². The van der Waals surface area contributed by atoms with Gasteiger partial charge in [-0.2, -0.15) is 0 Å². The van der Waals surface area contributed by atoms with E-state index in [1.807, 2.05) is 27.7 Å². The Hall–Kier alpha value is -1.35. The Balaban J connectivity index is 1.85. The summed E-state index contributed by atoms with van der Waals surface area (Å²) in [5.74, 6) is 0.826. The standard InChI is InChI=1S/C17H26N2O/c1-12(16(20)19-17(2,3)4)18-11-13-6-5-7-15(10-13)14-8-9-14/h5-7,10,12,14,18H,8-9,11H2,1-4H3,(H,19,20). The summed E-state index contributed by atoms with van der Waals surface area (Å²) in [6, 6.07) is 8.52. The molecule has 0 heterocycles. The lowest BCUT2D eigenvalue weighted by molar-refractivity contribution is -0.124. The number of benzene rings is 1. The van der Waals surface area contributed by atoms with Crippen LogP contribution in [-0.4, -0.2) is 17.5 Å². The molecule has 1 amide bonds. The van der Waals surface area contributed by atoms with Crippen LogP contribution in [0, 0.1) is 0 Å². The molecule has 0 saturated heterocycles. The molecule has 3 nitrogen and oxygen atoms in total. The molecule has 2 rings (SSSR count). The molecule has 1 unspecified atom stereocenters. The van der Waals surface area contributed by atoms with Gasteiger partial charge in [-0.1, -0.05) is 24.3 Å². The Bertz CT molecular complexity index is 472. The third-order valence-corrected chi connectivity index (χ3v) is 3.50. The predicted molar refractivity (Wildman–Crippen MR) is 82.6 cm³/mol. The highest BCUT2D eigenvalue weighted by Gasteiger charge is 2.23. The van der Waals surface area contributed by atoms with Gasteiger partial charge in [0.25, 0.3) is 0 Å². The van der Waals surface area contributed by atoms with Crippen LogP contribution in [0.25, 0.3) is 0 Å². The van der Waals surface area contributed by atoms with Crippen molar-refractivity contribution in [2.75, 3.05) is 0 Å². The number of hydrogen-bond acceptors (Lipinski definition) is 2. The molecule has 2 N–H and O–H groups in total. The van der Waals surface area contributed by atoms with E-state index in [0.29, 0.717) is 0 Å². The maximum absolute atomic E-state index is 12.0. The van der Waals surface area contributed by atoms with Gasteiger partial charge in [0, 0.05) is 12.1 Å². The number of amides is 1. The fourth-order valence-corrected chi connectivity index (χ4v) is 2.22. The molecule has 0 aromatic heterocycles. The van der Waals surface area contributed by atoms with Crippen molar-refractivity contribution < 1.29 is 4.79 Å². The molecule has 3 heteroatoms. The summed E-state index contributed by atoms with van der Waals surface area (Å²) in [7, 11) is 0. The topological polar surface area (TPSA) is 41.1 Å². The minimum Gasteiger partial charge on any atom is -0.350 e. The summed E-state index contributed by atoms with van der Waals surface area (Å²) in [5.41, 5.74) is 2.51. The van der Waals surface area contributed by atoms with Crippen LogP contribution in [0.4, 0.5) is 0 Å². The molecule has 1 aliphatic carbocycles. The van der Waals surface area contributed by atoms with Gasteiger partial charge in [0.1, 0.15) is 0 Å². The molecule has 0 radical (unpaired) electrons. The quantitative estimate of drug-likeness (QED) is 0.866. The summed E-state index contributed by atoms with van der Waals surface area (Å²) in [4.78, 5) is 12.0. The van der Waals surface area contributed by atoms with E-state index < -0.39 is 0 Å². The van der Waals surface area contributed by atoms with Gasteiger partial charge in [-0.15, -0.1) is 0 Å². The van der Waals surface area contributed by atoms with Crippen molar-refractivity contribution in [1.82, 2.24) is 10.6 Å². The number of carbonyl (C=O) groups excluding carboxylic acids is 1. The molecule has 1 aromatic carbocycles. The second-order valence-corrected chi connectivity index (χ2v) is 6.86. The molecule has 20 heavy (non-hydrogen) atoms. The lowest BCUT2D eigenvalue weighted by Crippen LogP contribution is -2.49. The number of rotatable bonds is 5. The highest BCUT2D eigenvalue weighted by Crippen LogP contribution is 2.40. The molecular formula is C17H26N2O. The maximum atomic E-state index is 12.0. The maximum Gasteiger partial charge on any atom is 0.237 e. The van der Waals surface area contributed by atoms with E-state index >= 15 is 0 Å². The fraction of sp³-hybridized carbons (Fsp3) is 0.588. The summed E-state index contributed by atoms with van der Waals surface area (Å²) in [5, 5.41) is 6.29. The van der Waals surface area contributed by atoms with Crippen molar-refractivity contribution in [3.05, 3.63) is 35.4 Å². The zero-order valence-electron chi connectivity index (χ0n) is 13.0. The third kappa shape index (κ3) is 4.64. The Morgan fingerprint density at radius 2 is 2.05 bits per heavy atom. The zero-order chi connectivity index (χ0) is 14.8. The number of carbonyl (C=O) groups is 1. The van der Waals surface area contributed by atoms with Crippen molar-refractivity contribution in [2.45, 2.75) is 64.6 Å². The van der Waals surface area contributed by atoms with Crippen molar-refractivity contribution >= 4 is 5.91 Å². The first-order valence-electron chi connectivity index (χ1n) is 7.49. The van der Waals surface area contributed by atoms with E-state index in [-0.39, 0.29) is 17.5 Å². The Morgan fingerprint density at radius 1 is 1.35 bits per heavy atom. The fourth-order valence-electron chi connectivity index (χ4n) is 2.22. The Morgan fingerprint density at radius 3 is 2.65 bits per heavy atom. The Labute approximate surface area is 122 Å². The van der Waals surface area contributed by atoms with Crippen molar-refractivity contribution in [2.24, 2.45) is 0 Å². The van der Waals surface area contributed by atoms with Crippen LogP contribution < -0.4 is 10.6 Å². The molecule has 1 fully saturated rings. The first kappa shape index (κ1) is 15.0. The van der Waals surface area contributed by atoms with Crippen LogP contribution in [-0.2, 0) is 11.3 Å². The third-order valence-electron chi connectivity index (χ3n) is 3.50. The molecular weight excluding hydrogens is 248 g/mol. The highest BCUT2D eigenvalue weighted by atomic mass is 16.2. The van der Waals surface area contributed by atoms with E-state index in [2.05, 4.69) is 34.9 Å². The van der Waals surface area contributed by atoms with Crippen molar-refractivity contribution in [3.63, 3.8) is 0 Å². The average molecular weight is 274 g/mol. The van der Waals surface area contributed by atoms with Crippen LogP contribution in [0.1, 0.15) is 57.6 Å². The summed E-state index contributed by atoms with van der Waals surface area (Å²) in [6.07, 6.45) is 2.64. The van der Waals surface area contributed by atoms with Gasteiger partial charge in [-0.3, -0.25) is 4.79 Å². The van der Waals surface area contributed by atoms with Crippen molar-refractivity contribution in [3.8, 4) is 0 Å². The smallest absolute Gasteiger partial charge is 0.237 e. The largest absolute Gasteiger partial charge is 0.350 e. The van der Waals surface area contributed by atoms with Gasteiger partial charge in [0.05, 0.1) is 6.04 Å². The minimum atomic E-state index is -0.182. The van der Waals surface area contributed by atoms with Gasteiger partial charge < -0.3 is 10.6 Å². The van der Waals surface area contributed by atoms with E-state index in [1.54, 1.807) is 0 Å². The number of nitrogens with one attached hydrogen (secondary N) is 2. The van der Waals surface area contributed by atoms with Crippen molar-refractivity contribution in [1.29, 1.82) is 0 Å². The molecule has 110 valence electrons. The van der Waals surface area contributed by atoms with Crippen LogP contribution in [0.5, 0.6) is 0 Å². The van der Waals surface area contributed by atoms with E-state index in [9.17, 15) is 4.79 Å². The Kier molecular flexibility index (Phi) is 4.48. The van der Waals surface area contributed by atoms with Crippen LogP contribution in [0.2, 0.25) is 0 Å². The molecule has 1 saturated carbocycles. The first-order valence-corrected chi connectivity index (χ1v) is 7.49.